The lowest BCUT2D eigenvalue weighted by molar-refractivity contribution is -0.139. The van der Waals surface area contributed by atoms with E-state index in [0.717, 1.165) is 57.4 Å². The van der Waals surface area contributed by atoms with Gasteiger partial charge in [-0.15, -0.1) is 0 Å². The summed E-state index contributed by atoms with van der Waals surface area (Å²) in [6, 6.07) is 7.51. The molecule has 2 aliphatic rings. The number of halogens is 1. The Kier molecular flexibility index (Phi) is 6.54. The standard InChI is InChI=1S/C20H28ClN3O2/c1-23-10-12-24(13-11-23)20(26)17-6-4-16(5-7-17)19(25)22-14-15-2-8-18(21)9-3-15/h2-3,8-9,16-17H,4-7,10-14H2,1H3,(H,22,25). The molecule has 142 valence electrons. The molecule has 1 aromatic rings. The second kappa shape index (κ2) is 8.87. The summed E-state index contributed by atoms with van der Waals surface area (Å²) in [5.41, 5.74) is 1.04. The predicted octanol–water partition coefficient (Wildman–Crippen LogP) is 2.54. The minimum Gasteiger partial charge on any atom is -0.352 e. The van der Waals surface area contributed by atoms with Crippen molar-refractivity contribution >= 4 is 23.4 Å². The summed E-state index contributed by atoms with van der Waals surface area (Å²) in [7, 11) is 2.09. The lowest BCUT2D eigenvalue weighted by Gasteiger charge is -2.36. The van der Waals surface area contributed by atoms with E-state index < -0.39 is 0 Å². The van der Waals surface area contributed by atoms with Crippen LogP contribution in [-0.4, -0.2) is 54.8 Å². The molecular formula is C20H28ClN3O2. The summed E-state index contributed by atoms with van der Waals surface area (Å²) < 4.78 is 0. The first-order valence-electron chi connectivity index (χ1n) is 9.52. The second-order valence-electron chi connectivity index (χ2n) is 7.52. The van der Waals surface area contributed by atoms with Gasteiger partial charge in [0.2, 0.25) is 11.8 Å². The first-order chi connectivity index (χ1) is 12.5. The van der Waals surface area contributed by atoms with E-state index in [1.807, 2.05) is 29.2 Å². The lowest BCUT2D eigenvalue weighted by atomic mass is 9.80. The monoisotopic (exact) mass is 377 g/mol. The Morgan fingerprint density at radius 3 is 2.19 bits per heavy atom. The van der Waals surface area contributed by atoms with Gasteiger partial charge in [-0.3, -0.25) is 9.59 Å². The van der Waals surface area contributed by atoms with Crippen LogP contribution in [0.15, 0.2) is 24.3 Å². The number of likely N-dealkylation sites (N-methyl/N-ethyl adjacent to an activating group) is 1. The average Bonchev–Trinajstić information content (AvgIpc) is 2.67. The zero-order chi connectivity index (χ0) is 18.5. The van der Waals surface area contributed by atoms with Crippen LogP contribution in [0.3, 0.4) is 0 Å². The van der Waals surface area contributed by atoms with Gasteiger partial charge in [0.15, 0.2) is 0 Å². The fraction of sp³-hybridized carbons (Fsp3) is 0.600. The lowest BCUT2D eigenvalue weighted by Crippen LogP contribution is -2.49. The highest BCUT2D eigenvalue weighted by Crippen LogP contribution is 2.30. The molecule has 0 atom stereocenters. The molecule has 1 N–H and O–H groups in total. The van der Waals surface area contributed by atoms with Crippen LogP contribution in [0.1, 0.15) is 31.2 Å². The normalized spacial score (nSPS) is 24.3. The Hall–Kier alpha value is -1.59. The van der Waals surface area contributed by atoms with Crippen LogP contribution in [0.25, 0.3) is 0 Å². The molecule has 26 heavy (non-hydrogen) atoms. The minimum absolute atomic E-state index is 0.0267. The predicted molar refractivity (Wildman–Crippen MR) is 103 cm³/mol. The van der Waals surface area contributed by atoms with E-state index in [4.69, 9.17) is 11.6 Å². The Labute approximate surface area is 160 Å². The molecule has 3 rings (SSSR count). The zero-order valence-electron chi connectivity index (χ0n) is 15.4. The van der Waals surface area contributed by atoms with Crippen molar-refractivity contribution in [1.82, 2.24) is 15.1 Å². The van der Waals surface area contributed by atoms with Gasteiger partial charge in [0.05, 0.1) is 0 Å². The smallest absolute Gasteiger partial charge is 0.225 e. The molecule has 1 aromatic carbocycles. The number of amides is 2. The highest BCUT2D eigenvalue weighted by atomic mass is 35.5. The van der Waals surface area contributed by atoms with Gasteiger partial charge in [-0.05, 0) is 50.4 Å². The highest BCUT2D eigenvalue weighted by molar-refractivity contribution is 6.30. The largest absolute Gasteiger partial charge is 0.352 e. The number of nitrogens with zero attached hydrogens (tertiary/aromatic N) is 2. The van der Waals surface area contributed by atoms with E-state index in [2.05, 4.69) is 17.3 Å². The molecule has 1 saturated heterocycles. The molecule has 2 fully saturated rings. The highest BCUT2D eigenvalue weighted by Gasteiger charge is 2.32. The number of carbonyl (C=O) groups excluding carboxylic acids is 2. The summed E-state index contributed by atoms with van der Waals surface area (Å²) in [6.45, 7) is 4.09. The maximum Gasteiger partial charge on any atom is 0.225 e. The van der Waals surface area contributed by atoms with E-state index in [-0.39, 0.29) is 23.7 Å². The van der Waals surface area contributed by atoms with Crippen LogP contribution >= 0.6 is 11.6 Å². The van der Waals surface area contributed by atoms with Crippen molar-refractivity contribution < 1.29 is 9.59 Å². The SMILES string of the molecule is CN1CCN(C(=O)C2CCC(C(=O)NCc3ccc(Cl)cc3)CC2)CC1. The number of piperazine rings is 1. The summed E-state index contributed by atoms with van der Waals surface area (Å²) in [6.07, 6.45) is 3.25. The third-order valence-corrected chi connectivity index (χ3v) is 5.89. The molecular weight excluding hydrogens is 350 g/mol. The number of nitrogens with one attached hydrogen (secondary N) is 1. The molecule has 6 heteroatoms. The van der Waals surface area contributed by atoms with Crippen LogP contribution in [-0.2, 0) is 16.1 Å². The first kappa shape index (κ1) is 19.2. The maximum absolute atomic E-state index is 12.7. The third-order valence-electron chi connectivity index (χ3n) is 5.64. The van der Waals surface area contributed by atoms with Crippen LogP contribution in [0.5, 0.6) is 0 Å². The zero-order valence-corrected chi connectivity index (χ0v) is 16.2. The number of hydrogen-bond donors (Lipinski definition) is 1. The summed E-state index contributed by atoms with van der Waals surface area (Å²) in [5.74, 6) is 0.515. The van der Waals surface area contributed by atoms with Gasteiger partial charge in [0.25, 0.3) is 0 Å². The van der Waals surface area contributed by atoms with Crippen molar-refractivity contribution in [1.29, 1.82) is 0 Å². The number of hydrogen-bond acceptors (Lipinski definition) is 3. The van der Waals surface area contributed by atoms with E-state index >= 15 is 0 Å². The van der Waals surface area contributed by atoms with Gasteiger partial charge in [0, 0.05) is 49.6 Å². The Bertz CT molecular complexity index is 618. The van der Waals surface area contributed by atoms with Gasteiger partial charge in [-0.25, -0.2) is 0 Å². The topological polar surface area (TPSA) is 52.7 Å². The van der Waals surface area contributed by atoms with Crippen LogP contribution in [0.4, 0.5) is 0 Å². The van der Waals surface area contributed by atoms with Crippen molar-refractivity contribution in [2.75, 3.05) is 33.2 Å². The molecule has 5 nitrogen and oxygen atoms in total. The summed E-state index contributed by atoms with van der Waals surface area (Å²) in [5, 5.41) is 3.72. The Morgan fingerprint density at radius 1 is 1.00 bits per heavy atom. The first-order valence-corrected chi connectivity index (χ1v) is 9.90. The quantitative estimate of drug-likeness (QED) is 0.877. The number of carbonyl (C=O) groups is 2. The molecule has 1 aliphatic carbocycles. The summed E-state index contributed by atoms with van der Waals surface area (Å²) >= 11 is 5.88. The number of benzene rings is 1. The van der Waals surface area contributed by atoms with E-state index in [0.29, 0.717) is 11.6 Å². The second-order valence-corrected chi connectivity index (χ2v) is 7.96. The van der Waals surface area contributed by atoms with Crippen molar-refractivity contribution in [3.05, 3.63) is 34.9 Å². The fourth-order valence-corrected chi connectivity index (χ4v) is 3.95. The summed E-state index contributed by atoms with van der Waals surface area (Å²) in [4.78, 5) is 29.3. The Morgan fingerprint density at radius 2 is 1.58 bits per heavy atom. The van der Waals surface area contributed by atoms with Crippen LogP contribution < -0.4 is 5.32 Å². The van der Waals surface area contributed by atoms with E-state index in [1.165, 1.54) is 0 Å². The molecule has 1 heterocycles. The fourth-order valence-electron chi connectivity index (χ4n) is 3.82. The molecule has 0 radical (unpaired) electrons. The van der Waals surface area contributed by atoms with Gasteiger partial charge in [-0.1, -0.05) is 23.7 Å². The van der Waals surface area contributed by atoms with E-state index in [9.17, 15) is 9.59 Å². The molecule has 1 aliphatic heterocycles. The molecule has 0 bridgehead atoms. The van der Waals surface area contributed by atoms with Gasteiger partial charge < -0.3 is 15.1 Å². The molecule has 1 saturated carbocycles. The van der Waals surface area contributed by atoms with Crippen molar-refractivity contribution in [3.8, 4) is 0 Å². The molecule has 0 spiro atoms. The molecule has 0 unspecified atom stereocenters. The Balaban J connectivity index is 1.42. The van der Waals surface area contributed by atoms with Gasteiger partial charge >= 0.3 is 0 Å². The van der Waals surface area contributed by atoms with Crippen LogP contribution in [0, 0.1) is 11.8 Å². The average molecular weight is 378 g/mol. The van der Waals surface area contributed by atoms with Crippen molar-refractivity contribution in [2.45, 2.75) is 32.2 Å². The van der Waals surface area contributed by atoms with Crippen molar-refractivity contribution in [3.63, 3.8) is 0 Å². The third kappa shape index (κ3) is 4.98. The number of rotatable bonds is 4. The van der Waals surface area contributed by atoms with E-state index in [1.54, 1.807) is 0 Å². The molecule has 2 amide bonds. The van der Waals surface area contributed by atoms with Gasteiger partial charge in [0.1, 0.15) is 0 Å². The van der Waals surface area contributed by atoms with Crippen molar-refractivity contribution in [2.24, 2.45) is 11.8 Å². The van der Waals surface area contributed by atoms with Gasteiger partial charge in [-0.2, -0.15) is 0 Å². The molecule has 0 aromatic heterocycles. The minimum atomic E-state index is 0.0267. The van der Waals surface area contributed by atoms with Crippen LogP contribution in [0.2, 0.25) is 5.02 Å². The maximum atomic E-state index is 12.7.